The Morgan fingerprint density at radius 3 is 2.65 bits per heavy atom. The second-order valence-corrected chi connectivity index (χ2v) is 7.33. The lowest BCUT2D eigenvalue weighted by molar-refractivity contribution is -0.123. The molecule has 2 aromatic heterocycles. The van der Waals surface area contributed by atoms with Gasteiger partial charge in [-0.1, -0.05) is 38.1 Å². The summed E-state index contributed by atoms with van der Waals surface area (Å²) >= 11 is 1.69. The Morgan fingerprint density at radius 2 is 1.96 bits per heavy atom. The van der Waals surface area contributed by atoms with Crippen molar-refractivity contribution in [3.63, 3.8) is 0 Å². The standard InChI is InChI=1S/C20H24N4OS/c1-15(2)20(25)22-11-10-21-13-16-14-24(17-7-4-3-5-8-17)23-19(16)18-9-6-12-26-18/h3-9,12,14-15,21H,10-11,13H2,1-2H3,(H,22,25). The zero-order valence-corrected chi connectivity index (χ0v) is 15.9. The van der Waals surface area contributed by atoms with Crippen LogP contribution in [-0.2, 0) is 11.3 Å². The molecule has 0 aliphatic carbocycles. The Hall–Kier alpha value is -2.44. The second-order valence-electron chi connectivity index (χ2n) is 6.38. The Labute approximate surface area is 158 Å². The molecule has 0 atom stereocenters. The average Bonchev–Trinajstić information content (AvgIpc) is 3.31. The summed E-state index contributed by atoms with van der Waals surface area (Å²) in [6, 6.07) is 14.2. The molecule has 1 aromatic carbocycles. The minimum Gasteiger partial charge on any atom is -0.355 e. The van der Waals surface area contributed by atoms with Gasteiger partial charge in [-0.05, 0) is 23.6 Å². The molecule has 0 aliphatic heterocycles. The van der Waals surface area contributed by atoms with Crippen molar-refractivity contribution in [3.05, 3.63) is 59.6 Å². The quantitative estimate of drug-likeness (QED) is 0.599. The fourth-order valence-corrected chi connectivity index (χ4v) is 3.32. The summed E-state index contributed by atoms with van der Waals surface area (Å²) in [7, 11) is 0. The van der Waals surface area contributed by atoms with E-state index in [1.54, 1.807) is 11.3 Å². The van der Waals surface area contributed by atoms with Crippen LogP contribution in [0.4, 0.5) is 0 Å². The van der Waals surface area contributed by atoms with Crippen molar-refractivity contribution in [2.24, 2.45) is 5.92 Å². The summed E-state index contributed by atoms with van der Waals surface area (Å²) in [5.41, 5.74) is 3.19. The molecule has 3 aromatic rings. The van der Waals surface area contributed by atoms with Gasteiger partial charge in [0.05, 0.1) is 10.6 Å². The zero-order chi connectivity index (χ0) is 18.4. The van der Waals surface area contributed by atoms with Crippen molar-refractivity contribution in [1.29, 1.82) is 0 Å². The molecule has 0 saturated carbocycles. The first kappa shape index (κ1) is 18.4. The van der Waals surface area contributed by atoms with Crippen molar-refractivity contribution < 1.29 is 4.79 Å². The molecule has 2 heterocycles. The number of thiophene rings is 1. The molecule has 0 aliphatic rings. The predicted molar refractivity (Wildman–Crippen MR) is 106 cm³/mol. The average molecular weight is 369 g/mol. The van der Waals surface area contributed by atoms with E-state index in [0.717, 1.165) is 28.4 Å². The van der Waals surface area contributed by atoms with Gasteiger partial charge in [0.15, 0.2) is 0 Å². The summed E-state index contributed by atoms with van der Waals surface area (Å²) in [6.07, 6.45) is 2.07. The lowest BCUT2D eigenvalue weighted by atomic mass is 10.2. The number of nitrogens with zero attached hydrogens (tertiary/aromatic N) is 2. The number of carbonyl (C=O) groups is 1. The summed E-state index contributed by atoms with van der Waals surface area (Å²) in [5, 5.41) is 13.2. The number of amides is 1. The number of hydrogen-bond acceptors (Lipinski definition) is 4. The third-order valence-electron chi connectivity index (χ3n) is 4.01. The summed E-state index contributed by atoms with van der Waals surface area (Å²) in [6.45, 7) is 5.84. The van der Waals surface area contributed by atoms with E-state index in [4.69, 9.17) is 5.10 Å². The van der Waals surface area contributed by atoms with E-state index in [2.05, 4.69) is 28.3 Å². The smallest absolute Gasteiger partial charge is 0.222 e. The number of rotatable bonds is 8. The van der Waals surface area contributed by atoms with E-state index in [1.165, 1.54) is 0 Å². The number of aromatic nitrogens is 2. The summed E-state index contributed by atoms with van der Waals surface area (Å²) in [4.78, 5) is 12.8. The Balaban J connectivity index is 1.68. The number of benzene rings is 1. The van der Waals surface area contributed by atoms with Gasteiger partial charge in [0, 0.05) is 37.3 Å². The third kappa shape index (κ3) is 4.59. The lowest BCUT2D eigenvalue weighted by Crippen LogP contribution is -2.34. The van der Waals surface area contributed by atoms with E-state index in [9.17, 15) is 4.79 Å². The van der Waals surface area contributed by atoms with Gasteiger partial charge in [-0.2, -0.15) is 5.10 Å². The summed E-state index contributed by atoms with van der Waals surface area (Å²) in [5.74, 6) is 0.104. The highest BCUT2D eigenvalue weighted by molar-refractivity contribution is 7.13. The molecule has 26 heavy (non-hydrogen) atoms. The van der Waals surface area contributed by atoms with Crippen LogP contribution in [0.5, 0.6) is 0 Å². The topological polar surface area (TPSA) is 59.0 Å². The van der Waals surface area contributed by atoms with Crippen molar-refractivity contribution in [1.82, 2.24) is 20.4 Å². The van der Waals surface area contributed by atoms with E-state index in [-0.39, 0.29) is 11.8 Å². The van der Waals surface area contributed by atoms with Crippen LogP contribution in [-0.4, -0.2) is 28.8 Å². The van der Waals surface area contributed by atoms with Crippen molar-refractivity contribution in [3.8, 4) is 16.3 Å². The zero-order valence-electron chi connectivity index (χ0n) is 15.1. The van der Waals surface area contributed by atoms with E-state index in [1.807, 2.05) is 54.9 Å². The van der Waals surface area contributed by atoms with Gasteiger partial charge >= 0.3 is 0 Å². The highest BCUT2D eigenvalue weighted by Gasteiger charge is 2.13. The van der Waals surface area contributed by atoms with Gasteiger partial charge in [0.25, 0.3) is 0 Å². The van der Waals surface area contributed by atoms with E-state index < -0.39 is 0 Å². The number of carbonyl (C=O) groups excluding carboxylic acids is 1. The molecule has 0 saturated heterocycles. The minimum absolute atomic E-state index is 0.0181. The molecule has 5 nitrogen and oxygen atoms in total. The maximum Gasteiger partial charge on any atom is 0.222 e. The highest BCUT2D eigenvalue weighted by Crippen LogP contribution is 2.27. The van der Waals surface area contributed by atoms with E-state index in [0.29, 0.717) is 13.1 Å². The molecule has 0 spiro atoms. The van der Waals surface area contributed by atoms with Crippen LogP contribution in [0.1, 0.15) is 19.4 Å². The van der Waals surface area contributed by atoms with Crippen molar-refractivity contribution in [2.45, 2.75) is 20.4 Å². The number of para-hydroxylation sites is 1. The fraction of sp³-hybridized carbons (Fsp3) is 0.300. The van der Waals surface area contributed by atoms with Gasteiger partial charge in [0.1, 0.15) is 5.69 Å². The van der Waals surface area contributed by atoms with Gasteiger partial charge in [-0.25, -0.2) is 4.68 Å². The molecule has 0 radical (unpaired) electrons. The van der Waals surface area contributed by atoms with Crippen LogP contribution < -0.4 is 10.6 Å². The van der Waals surface area contributed by atoms with Crippen LogP contribution in [0, 0.1) is 5.92 Å². The van der Waals surface area contributed by atoms with Crippen molar-refractivity contribution >= 4 is 17.2 Å². The molecule has 136 valence electrons. The molecule has 2 N–H and O–H groups in total. The third-order valence-corrected chi connectivity index (χ3v) is 4.88. The Morgan fingerprint density at radius 1 is 1.15 bits per heavy atom. The molecule has 0 unspecified atom stereocenters. The van der Waals surface area contributed by atoms with Crippen LogP contribution in [0.2, 0.25) is 0 Å². The summed E-state index contributed by atoms with van der Waals surface area (Å²) < 4.78 is 1.92. The SMILES string of the molecule is CC(C)C(=O)NCCNCc1cn(-c2ccccc2)nc1-c1cccs1. The molecular formula is C20H24N4OS. The molecule has 3 rings (SSSR count). The molecule has 0 bridgehead atoms. The van der Waals surface area contributed by atoms with Gasteiger partial charge in [0.2, 0.25) is 5.91 Å². The molecular weight excluding hydrogens is 344 g/mol. The van der Waals surface area contributed by atoms with E-state index >= 15 is 0 Å². The monoisotopic (exact) mass is 368 g/mol. The van der Waals surface area contributed by atoms with Crippen LogP contribution in [0.3, 0.4) is 0 Å². The molecule has 1 amide bonds. The molecule has 0 fully saturated rings. The van der Waals surface area contributed by atoms with Crippen LogP contribution >= 0.6 is 11.3 Å². The second kappa shape index (κ2) is 8.78. The highest BCUT2D eigenvalue weighted by atomic mass is 32.1. The Kier molecular flexibility index (Phi) is 6.20. The predicted octanol–water partition coefficient (Wildman–Crippen LogP) is 3.46. The van der Waals surface area contributed by atoms with Gasteiger partial charge < -0.3 is 10.6 Å². The Bertz CT molecular complexity index is 825. The van der Waals surface area contributed by atoms with Gasteiger partial charge in [-0.3, -0.25) is 4.79 Å². The first-order valence-corrected chi connectivity index (χ1v) is 9.69. The largest absolute Gasteiger partial charge is 0.355 e. The minimum atomic E-state index is 0.0181. The first-order valence-electron chi connectivity index (χ1n) is 8.81. The number of hydrogen-bond donors (Lipinski definition) is 2. The maximum absolute atomic E-state index is 11.6. The maximum atomic E-state index is 11.6. The van der Waals surface area contributed by atoms with Crippen LogP contribution in [0.25, 0.3) is 16.3 Å². The van der Waals surface area contributed by atoms with Crippen LogP contribution in [0.15, 0.2) is 54.0 Å². The normalized spacial score (nSPS) is 11.0. The number of nitrogens with one attached hydrogen (secondary N) is 2. The lowest BCUT2D eigenvalue weighted by Gasteiger charge is -2.08. The molecule has 6 heteroatoms. The first-order chi connectivity index (χ1) is 12.6. The van der Waals surface area contributed by atoms with Crippen molar-refractivity contribution in [2.75, 3.05) is 13.1 Å². The van der Waals surface area contributed by atoms with Gasteiger partial charge in [-0.15, -0.1) is 11.3 Å². The fourth-order valence-electron chi connectivity index (χ4n) is 2.57.